The van der Waals surface area contributed by atoms with Gasteiger partial charge in [0.2, 0.25) is 0 Å². The molecule has 7 heteroatoms. The number of rotatable bonds is 5. The molecule has 1 aliphatic rings. The van der Waals surface area contributed by atoms with E-state index in [0.717, 1.165) is 36.6 Å². The molecule has 0 saturated heterocycles. The fraction of sp³-hybridized carbons (Fsp3) is 0.333. The van der Waals surface area contributed by atoms with Gasteiger partial charge >= 0.3 is 5.97 Å². The van der Waals surface area contributed by atoms with Crippen LogP contribution in [0.5, 0.6) is 5.75 Å². The van der Waals surface area contributed by atoms with Gasteiger partial charge in [-0.2, -0.15) is 5.10 Å². The molecule has 146 valence electrons. The third-order valence-electron chi connectivity index (χ3n) is 5.50. The highest BCUT2D eigenvalue weighted by Gasteiger charge is 2.28. The summed E-state index contributed by atoms with van der Waals surface area (Å²) < 4.78 is 33.8. The van der Waals surface area contributed by atoms with Crippen LogP contribution in [0.4, 0.5) is 8.78 Å². The molecule has 1 aliphatic carbocycles. The first-order chi connectivity index (χ1) is 13.5. The van der Waals surface area contributed by atoms with Gasteiger partial charge in [-0.15, -0.1) is 0 Å². The number of hydrogen-bond acceptors (Lipinski definition) is 3. The quantitative estimate of drug-likeness (QED) is 0.655. The second kappa shape index (κ2) is 7.58. The third kappa shape index (κ3) is 3.56. The van der Waals surface area contributed by atoms with Crippen LogP contribution in [0.1, 0.15) is 47.5 Å². The predicted octanol–water partition coefficient (Wildman–Crippen LogP) is 4.89. The van der Waals surface area contributed by atoms with Crippen LogP contribution >= 0.6 is 0 Å². The Hall–Kier alpha value is -2.96. The summed E-state index contributed by atoms with van der Waals surface area (Å²) in [6, 6.07) is 7.24. The van der Waals surface area contributed by atoms with Gasteiger partial charge in [0.15, 0.2) is 11.6 Å². The molecular weight excluding hydrogens is 366 g/mol. The lowest BCUT2D eigenvalue weighted by atomic mass is 9.75. The fourth-order valence-corrected chi connectivity index (χ4v) is 4.03. The molecule has 2 atom stereocenters. The molecule has 0 radical (unpaired) electrons. The van der Waals surface area contributed by atoms with E-state index in [9.17, 15) is 18.7 Å². The zero-order chi connectivity index (χ0) is 19.7. The smallest absolute Gasteiger partial charge is 0.338 e. The number of carboxylic acid groups (broad SMARTS) is 1. The SMILES string of the molecule is O=C(O)c1cc([C@@H]2CCCC[C@H]2COc2cc3cn[nH]c3cc2F)ccc1F. The zero-order valence-electron chi connectivity index (χ0n) is 15.1. The van der Waals surface area contributed by atoms with Crippen molar-refractivity contribution in [3.63, 3.8) is 0 Å². The summed E-state index contributed by atoms with van der Waals surface area (Å²) in [6.45, 7) is 0.310. The number of aromatic nitrogens is 2. The minimum absolute atomic E-state index is 0.0492. The van der Waals surface area contributed by atoms with Gasteiger partial charge in [-0.1, -0.05) is 18.9 Å². The van der Waals surface area contributed by atoms with Crippen LogP contribution < -0.4 is 4.74 Å². The Bertz CT molecular complexity index is 1020. The zero-order valence-corrected chi connectivity index (χ0v) is 15.1. The van der Waals surface area contributed by atoms with Crippen LogP contribution in [0.2, 0.25) is 0 Å². The number of benzene rings is 2. The molecule has 0 unspecified atom stereocenters. The average molecular weight is 386 g/mol. The van der Waals surface area contributed by atoms with E-state index in [1.54, 1.807) is 18.3 Å². The molecule has 28 heavy (non-hydrogen) atoms. The van der Waals surface area contributed by atoms with Gasteiger partial charge < -0.3 is 9.84 Å². The standard InChI is InChI=1S/C21H20F2N2O3/c22-17-6-5-12(7-16(17)21(26)27)15-4-2-1-3-13(15)11-28-20-8-14-10-24-25-19(14)9-18(20)23/h5-10,13,15H,1-4,11H2,(H,24,25)(H,26,27)/t13-,15-/m0/s1. The Labute approximate surface area is 160 Å². The van der Waals surface area contributed by atoms with Crippen LogP contribution in [0, 0.1) is 17.6 Å². The van der Waals surface area contributed by atoms with E-state index in [4.69, 9.17) is 4.74 Å². The highest BCUT2D eigenvalue weighted by atomic mass is 19.1. The van der Waals surface area contributed by atoms with E-state index in [0.29, 0.717) is 12.1 Å². The summed E-state index contributed by atoms with van der Waals surface area (Å²) in [6.07, 6.45) is 5.40. The molecule has 0 spiro atoms. The molecule has 4 rings (SSSR count). The molecule has 3 aromatic rings. The Kier molecular flexibility index (Phi) is 4.98. The Morgan fingerprint density at radius 2 is 2.00 bits per heavy atom. The lowest BCUT2D eigenvalue weighted by molar-refractivity contribution is 0.0691. The van der Waals surface area contributed by atoms with Crippen LogP contribution in [-0.2, 0) is 0 Å². The average Bonchev–Trinajstić information content (AvgIpc) is 3.13. The molecule has 5 nitrogen and oxygen atoms in total. The number of ether oxygens (including phenoxy) is 1. The molecular formula is C21H20F2N2O3. The number of aromatic carboxylic acids is 1. The van der Waals surface area contributed by atoms with E-state index >= 15 is 0 Å². The van der Waals surface area contributed by atoms with E-state index in [1.807, 2.05) is 0 Å². The minimum Gasteiger partial charge on any atom is -0.490 e. The maximum atomic E-state index is 14.3. The highest BCUT2D eigenvalue weighted by molar-refractivity contribution is 5.88. The number of nitrogens with zero attached hydrogens (tertiary/aromatic N) is 1. The minimum atomic E-state index is -1.28. The lowest BCUT2D eigenvalue weighted by Crippen LogP contribution is -2.24. The normalized spacial score (nSPS) is 19.6. The maximum absolute atomic E-state index is 14.3. The van der Waals surface area contributed by atoms with Crippen molar-refractivity contribution < 1.29 is 23.4 Å². The van der Waals surface area contributed by atoms with Gasteiger partial charge in [0.1, 0.15) is 5.82 Å². The Morgan fingerprint density at radius 3 is 2.82 bits per heavy atom. The summed E-state index contributed by atoms with van der Waals surface area (Å²) in [7, 11) is 0. The second-order valence-corrected chi connectivity index (χ2v) is 7.25. The van der Waals surface area contributed by atoms with Crippen LogP contribution in [0.15, 0.2) is 36.5 Å². The van der Waals surface area contributed by atoms with E-state index in [-0.39, 0.29) is 23.1 Å². The first-order valence-corrected chi connectivity index (χ1v) is 9.31. The van der Waals surface area contributed by atoms with Crippen molar-refractivity contribution in [2.75, 3.05) is 6.61 Å². The van der Waals surface area contributed by atoms with E-state index in [2.05, 4.69) is 10.2 Å². The summed E-state index contributed by atoms with van der Waals surface area (Å²) in [4.78, 5) is 11.3. The fourth-order valence-electron chi connectivity index (χ4n) is 4.03. The molecule has 1 aromatic heterocycles. The van der Waals surface area contributed by atoms with Gasteiger partial charge in [0.25, 0.3) is 0 Å². The summed E-state index contributed by atoms with van der Waals surface area (Å²) in [5.41, 5.74) is 1.07. The van der Waals surface area contributed by atoms with Crippen molar-refractivity contribution in [3.05, 3.63) is 59.3 Å². The number of aromatic amines is 1. The van der Waals surface area contributed by atoms with Gasteiger partial charge in [0, 0.05) is 11.5 Å². The van der Waals surface area contributed by atoms with E-state index < -0.39 is 17.6 Å². The van der Waals surface area contributed by atoms with Gasteiger partial charge in [-0.3, -0.25) is 5.10 Å². The number of carbonyl (C=O) groups is 1. The predicted molar refractivity (Wildman–Crippen MR) is 99.6 cm³/mol. The number of H-pyrrole nitrogens is 1. The van der Waals surface area contributed by atoms with Crippen LogP contribution in [-0.4, -0.2) is 27.9 Å². The van der Waals surface area contributed by atoms with Crippen molar-refractivity contribution >= 4 is 16.9 Å². The maximum Gasteiger partial charge on any atom is 0.338 e. The van der Waals surface area contributed by atoms with Crippen molar-refractivity contribution in [3.8, 4) is 5.75 Å². The number of hydrogen-bond donors (Lipinski definition) is 2. The first kappa shape index (κ1) is 18.4. The molecule has 1 saturated carbocycles. The lowest BCUT2D eigenvalue weighted by Gasteiger charge is -2.32. The number of nitrogens with one attached hydrogen (secondary N) is 1. The van der Waals surface area contributed by atoms with Crippen molar-refractivity contribution in [1.29, 1.82) is 0 Å². The van der Waals surface area contributed by atoms with Crippen molar-refractivity contribution in [2.24, 2.45) is 5.92 Å². The molecule has 1 heterocycles. The second-order valence-electron chi connectivity index (χ2n) is 7.25. The Morgan fingerprint density at radius 1 is 1.18 bits per heavy atom. The Balaban J connectivity index is 1.55. The van der Waals surface area contributed by atoms with Gasteiger partial charge in [-0.05, 0) is 48.4 Å². The molecule has 2 aromatic carbocycles. The van der Waals surface area contributed by atoms with Gasteiger partial charge in [0.05, 0.1) is 23.9 Å². The van der Waals surface area contributed by atoms with Crippen LogP contribution in [0.3, 0.4) is 0 Å². The summed E-state index contributed by atoms with van der Waals surface area (Å²) in [5, 5.41) is 16.6. The van der Waals surface area contributed by atoms with Crippen LogP contribution in [0.25, 0.3) is 10.9 Å². The number of halogens is 2. The molecule has 0 amide bonds. The van der Waals surface area contributed by atoms with Crippen molar-refractivity contribution in [1.82, 2.24) is 10.2 Å². The third-order valence-corrected chi connectivity index (χ3v) is 5.50. The number of fused-ring (bicyclic) bond motifs is 1. The summed E-state index contributed by atoms with van der Waals surface area (Å²) in [5.74, 6) is -2.16. The monoisotopic (exact) mass is 386 g/mol. The van der Waals surface area contributed by atoms with E-state index in [1.165, 1.54) is 18.2 Å². The topological polar surface area (TPSA) is 75.2 Å². The first-order valence-electron chi connectivity index (χ1n) is 9.31. The molecule has 0 bridgehead atoms. The van der Waals surface area contributed by atoms with Crippen molar-refractivity contribution in [2.45, 2.75) is 31.6 Å². The highest BCUT2D eigenvalue weighted by Crippen LogP contribution is 2.39. The number of carboxylic acids is 1. The molecule has 0 aliphatic heterocycles. The summed E-state index contributed by atoms with van der Waals surface area (Å²) >= 11 is 0. The van der Waals surface area contributed by atoms with Gasteiger partial charge in [-0.25, -0.2) is 13.6 Å². The molecule has 1 fully saturated rings. The largest absolute Gasteiger partial charge is 0.490 e. The molecule has 2 N–H and O–H groups in total.